The van der Waals surface area contributed by atoms with Crippen LogP contribution in [0.15, 0.2) is 0 Å². The van der Waals surface area contributed by atoms with Gasteiger partial charge in [-0.25, -0.2) is 0 Å². The van der Waals surface area contributed by atoms with Crippen LogP contribution in [0.25, 0.3) is 0 Å². The van der Waals surface area contributed by atoms with Crippen LogP contribution < -0.4 is 0 Å². The number of aliphatic hydroxyl groups excluding tert-OH is 1. The lowest BCUT2D eigenvalue weighted by molar-refractivity contribution is -0.139. The highest BCUT2D eigenvalue weighted by atomic mass is 28.3. The maximum atomic E-state index is 9.77. The monoisotopic (exact) mass is 270 g/mol. The fourth-order valence-electron chi connectivity index (χ4n) is 1.82. The van der Waals surface area contributed by atoms with Crippen LogP contribution in [0.1, 0.15) is 33.1 Å². The zero-order valence-corrected chi connectivity index (χ0v) is 13.2. The standard InChI is InChI=1S/C14H26O3Si/c1-14(2)16-11-13(17-14)8-6-7-12(15)9-10-18(3,4)5/h12-13,15H,6-8,11H2,1-5H3. The van der Waals surface area contributed by atoms with E-state index >= 15 is 0 Å². The van der Waals surface area contributed by atoms with E-state index in [1.807, 2.05) is 13.8 Å². The summed E-state index contributed by atoms with van der Waals surface area (Å²) in [5.41, 5.74) is 3.20. The molecule has 1 aliphatic rings. The summed E-state index contributed by atoms with van der Waals surface area (Å²) < 4.78 is 11.2. The van der Waals surface area contributed by atoms with Crippen molar-refractivity contribution >= 4 is 8.07 Å². The van der Waals surface area contributed by atoms with Gasteiger partial charge in [-0.15, -0.1) is 5.54 Å². The van der Waals surface area contributed by atoms with Crippen molar-refractivity contribution < 1.29 is 14.6 Å². The predicted molar refractivity (Wildman–Crippen MR) is 75.9 cm³/mol. The molecule has 4 heteroatoms. The van der Waals surface area contributed by atoms with Crippen molar-refractivity contribution in [3.05, 3.63) is 0 Å². The summed E-state index contributed by atoms with van der Waals surface area (Å²) in [5, 5.41) is 9.77. The second kappa shape index (κ2) is 6.20. The third-order valence-electron chi connectivity index (χ3n) is 2.68. The molecule has 2 atom stereocenters. The molecule has 1 aliphatic heterocycles. The summed E-state index contributed by atoms with van der Waals surface area (Å²) in [6.07, 6.45) is 2.24. The Kier molecular flexibility index (Phi) is 5.41. The van der Waals surface area contributed by atoms with Crippen molar-refractivity contribution in [1.82, 2.24) is 0 Å². The van der Waals surface area contributed by atoms with Gasteiger partial charge < -0.3 is 14.6 Å². The van der Waals surface area contributed by atoms with Crippen molar-refractivity contribution in [2.45, 2.75) is 70.7 Å². The highest BCUT2D eigenvalue weighted by Crippen LogP contribution is 2.25. The second-order valence-corrected chi connectivity index (χ2v) is 11.2. The van der Waals surface area contributed by atoms with Gasteiger partial charge in [0, 0.05) is 0 Å². The first-order chi connectivity index (χ1) is 8.18. The minimum atomic E-state index is -1.37. The number of hydrogen-bond acceptors (Lipinski definition) is 3. The van der Waals surface area contributed by atoms with Gasteiger partial charge in [0.05, 0.1) is 12.7 Å². The third kappa shape index (κ3) is 6.55. The quantitative estimate of drug-likeness (QED) is 0.630. The molecule has 0 bridgehead atoms. The molecule has 0 aromatic rings. The summed E-state index contributed by atoms with van der Waals surface area (Å²) in [4.78, 5) is 0. The Morgan fingerprint density at radius 1 is 1.39 bits per heavy atom. The van der Waals surface area contributed by atoms with Gasteiger partial charge in [0.2, 0.25) is 0 Å². The first kappa shape index (κ1) is 15.7. The van der Waals surface area contributed by atoms with Gasteiger partial charge in [-0.2, -0.15) is 0 Å². The van der Waals surface area contributed by atoms with Gasteiger partial charge in [-0.05, 0) is 33.1 Å². The summed E-state index contributed by atoms with van der Waals surface area (Å²) >= 11 is 0. The molecule has 0 aromatic carbocycles. The normalized spacial score (nSPS) is 24.4. The molecule has 0 amide bonds. The Bertz CT molecular complexity index is 322. The Labute approximate surface area is 112 Å². The van der Waals surface area contributed by atoms with E-state index in [2.05, 4.69) is 31.1 Å². The molecule has 0 aromatic heterocycles. The fourth-order valence-corrected chi connectivity index (χ4v) is 2.42. The molecular weight excluding hydrogens is 244 g/mol. The van der Waals surface area contributed by atoms with Gasteiger partial charge in [0.15, 0.2) is 5.79 Å². The number of hydrogen-bond donors (Lipinski definition) is 1. The maximum Gasteiger partial charge on any atom is 0.163 e. The van der Waals surface area contributed by atoms with E-state index in [4.69, 9.17) is 9.47 Å². The SMILES string of the molecule is CC1(C)OCC(CCCC(O)C#C[Si](C)(C)C)O1. The summed E-state index contributed by atoms with van der Waals surface area (Å²) in [7, 11) is -1.37. The van der Waals surface area contributed by atoms with Gasteiger partial charge in [0.25, 0.3) is 0 Å². The summed E-state index contributed by atoms with van der Waals surface area (Å²) in [5.74, 6) is 2.52. The Hall–Kier alpha value is -0.343. The molecule has 1 rings (SSSR count). The topological polar surface area (TPSA) is 38.7 Å². The first-order valence-electron chi connectivity index (χ1n) is 6.70. The van der Waals surface area contributed by atoms with Crippen LogP contribution in [0.3, 0.4) is 0 Å². The average Bonchev–Trinajstić information content (AvgIpc) is 2.54. The highest BCUT2D eigenvalue weighted by molar-refractivity contribution is 6.83. The van der Waals surface area contributed by atoms with E-state index in [-0.39, 0.29) is 6.10 Å². The Balaban J connectivity index is 2.20. The lowest BCUT2D eigenvalue weighted by Gasteiger charge is -2.17. The number of aliphatic hydroxyl groups is 1. The van der Waals surface area contributed by atoms with E-state index in [1.54, 1.807) is 0 Å². The minimum Gasteiger partial charge on any atom is -0.380 e. The lowest BCUT2D eigenvalue weighted by Crippen LogP contribution is -2.21. The van der Waals surface area contributed by atoms with E-state index in [1.165, 1.54) is 0 Å². The van der Waals surface area contributed by atoms with Crippen LogP contribution >= 0.6 is 0 Å². The minimum absolute atomic E-state index is 0.164. The van der Waals surface area contributed by atoms with Crippen molar-refractivity contribution in [3.8, 4) is 11.5 Å². The van der Waals surface area contributed by atoms with Crippen LogP contribution in [0.5, 0.6) is 0 Å². The van der Waals surface area contributed by atoms with Crippen molar-refractivity contribution in [2.75, 3.05) is 6.61 Å². The maximum absolute atomic E-state index is 9.77. The van der Waals surface area contributed by atoms with Gasteiger partial charge in [-0.1, -0.05) is 25.6 Å². The zero-order valence-electron chi connectivity index (χ0n) is 12.2. The molecule has 0 saturated carbocycles. The van der Waals surface area contributed by atoms with Crippen molar-refractivity contribution in [1.29, 1.82) is 0 Å². The zero-order chi connectivity index (χ0) is 13.8. The van der Waals surface area contributed by atoms with E-state index in [0.717, 1.165) is 19.3 Å². The third-order valence-corrected chi connectivity index (χ3v) is 3.58. The molecule has 0 radical (unpaired) electrons. The van der Waals surface area contributed by atoms with Gasteiger partial charge in [-0.3, -0.25) is 0 Å². The molecule has 0 aliphatic carbocycles. The molecule has 1 saturated heterocycles. The Morgan fingerprint density at radius 2 is 2.06 bits per heavy atom. The number of ether oxygens (including phenoxy) is 2. The number of rotatable bonds is 4. The molecular formula is C14H26O3Si. The molecule has 1 N–H and O–H groups in total. The summed E-state index contributed by atoms with van der Waals surface area (Å²) in [6.45, 7) is 11.1. The lowest BCUT2D eigenvalue weighted by atomic mass is 10.1. The predicted octanol–water partition coefficient (Wildman–Crippen LogP) is 2.55. The second-order valence-electron chi connectivity index (χ2n) is 6.42. The molecule has 0 spiro atoms. The van der Waals surface area contributed by atoms with Crippen LogP contribution in [0, 0.1) is 11.5 Å². The van der Waals surface area contributed by atoms with Crippen molar-refractivity contribution in [2.24, 2.45) is 0 Å². The smallest absolute Gasteiger partial charge is 0.163 e. The van der Waals surface area contributed by atoms with Crippen LogP contribution in [-0.2, 0) is 9.47 Å². The van der Waals surface area contributed by atoms with Crippen LogP contribution in [0.4, 0.5) is 0 Å². The highest BCUT2D eigenvalue weighted by Gasteiger charge is 2.32. The summed E-state index contributed by atoms with van der Waals surface area (Å²) in [6, 6.07) is 0. The molecule has 2 unspecified atom stereocenters. The molecule has 104 valence electrons. The van der Waals surface area contributed by atoms with Crippen LogP contribution in [-0.4, -0.2) is 37.8 Å². The Morgan fingerprint density at radius 3 is 2.56 bits per heavy atom. The van der Waals surface area contributed by atoms with E-state index < -0.39 is 20.0 Å². The molecule has 3 nitrogen and oxygen atoms in total. The van der Waals surface area contributed by atoms with Gasteiger partial charge in [0.1, 0.15) is 14.2 Å². The average molecular weight is 270 g/mol. The van der Waals surface area contributed by atoms with E-state index in [9.17, 15) is 5.11 Å². The van der Waals surface area contributed by atoms with Crippen LogP contribution in [0.2, 0.25) is 19.6 Å². The molecule has 18 heavy (non-hydrogen) atoms. The molecule has 1 heterocycles. The largest absolute Gasteiger partial charge is 0.380 e. The van der Waals surface area contributed by atoms with E-state index in [0.29, 0.717) is 6.61 Å². The fraction of sp³-hybridized carbons (Fsp3) is 0.857. The van der Waals surface area contributed by atoms with Gasteiger partial charge >= 0.3 is 0 Å². The van der Waals surface area contributed by atoms with Crippen molar-refractivity contribution in [3.63, 3.8) is 0 Å². The molecule has 1 fully saturated rings. The first-order valence-corrected chi connectivity index (χ1v) is 10.2.